The highest BCUT2D eigenvalue weighted by molar-refractivity contribution is 8.00. The van der Waals surface area contributed by atoms with E-state index in [1.54, 1.807) is 0 Å². The lowest BCUT2D eigenvalue weighted by molar-refractivity contribution is 0.345. The van der Waals surface area contributed by atoms with Gasteiger partial charge in [-0.3, -0.25) is 0 Å². The number of thioether (sulfide) groups is 1. The minimum atomic E-state index is 0.548. The maximum absolute atomic E-state index is 3.53. The molecular weight excluding hydrogens is 192 g/mol. The van der Waals surface area contributed by atoms with Gasteiger partial charge in [0, 0.05) is 29.7 Å². The number of rotatable bonds is 5. The summed E-state index contributed by atoms with van der Waals surface area (Å²) < 4.78 is 0.548. The minimum Gasteiger partial charge on any atom is -0.364 e. The predicted molar refractivity (Wildman–Crippen MR) is 62.6 cm³/mol. The van der Waals surface area contributed by atoms with Crippen LogP contribution < -0.4 is 5.32 Å². The molecule has 1 heterocycles. The number of nitrogens with one attached hydrogen (secondary N) is 2. The second kappa shape index (κ2) is 4.41. The fourth-order valence-electron chi connectivity index (χ4n) is 1.93. The Balaban J connectivity index is 1.72. The van der Waals surface area contributed by atoms with E-state index in [1.165, 1.54) is 25.0 Å². The van der Waals surface area contributed by atoms with Crippen LogP contribution in [0.5, 0.6) is 0 Å². The number of H-pyrrole nitrogens is 1. The Morgan fingerprint density at radius 1 is 1.57 bits per heavy atom. The highest BCUT2D eigenvalue weighted by Gasteiger charge is 2.35. The first-order valence-electron chi connectivity index (χ1n) is 5.23. The molecule has 3 heteroatoms. The average Bonchev–Trinajstić information content (AvgIpc) is 2.62. The first-order valence-corrected chi connectivity index (χ1v) is 6.45. The number of aromatic amines is 1. The molecule has 0 aliphatic heterocycles. The van der Waals surface area contributed by atoms with E-state index in [0.717, 1.165) is 13.1 Å². The van der Waals surface area contributed by atoms with Crippen molar-refractivity contribution >= 4 is 11.8 Å². The zero-order valence-electron chi connectivity index (χ0n) is 8.68. The molecule has 0 bridgehead atoms. The van der Waals surface area contributed by atoms with Crippen molar-refractivity contribution in [1.82, 2.24) is 10.3 Å². The number of aromatic nitrogens is 1. The SMILES string of the molecule is CSC1(CNCc2ccc[nH]2)CCC1. The van der Waals surface area contributed by atoms with E-state index >= 15 is 0 Å². The Hall–Kier alpha value is -0.410. The van der Waals surface area contributed by atoms with E-state index in [-0.39, 0.29) is 0 Å². The van der Waals surface area contributed by atoms with Gasteiger partial charge in [0.25, 0.3) is 0 Å². The van der Waals surface area contributed by atoms with Crippen LogP contribution in [0, 0.1) is 0 Å². The van der Waals surface area contributed by atoms with Crippen LogP contribution in [0.15, 0.2) is 18.3 Å². The van der Waals surface area contributed by atoms with E-state index in [1.807, 2.05) is 24.0 Å². The fraction of sp³-hybridized carbons (Fsp3) is 0.636. The van der Waals surface area contributed by atoms with Crippen LogP contribution in [0.4, 0.5) is 0 Å². The summed E-state index contributed by atoms with van der Waals surface area (Å²) in [5.41, 5.74) is 1.28. The summed E-state index contributed by atoms with van der Waals surface area (Å²) in [5, 5.41) is 3.53. The second-order valence-electron chi connectivity index (χ2n) is 4.04. The predicted octanol–water partition coefficient (Wildman–Crippen LogP) is 2.39. The zero-order chi connectivity index (χ0) is 9.86. The molecule has 1 aliphatic carbocycles. The maximum atomic E-state index is 3.53. The molecular formula is C11H18N2S. The first kappa shape index (κ1) is 10.1. The molecule has 1 saturated carbocycles. The normalized spacial score (nSPS) is 19.2. The molecule has 1 aliphatic rings. The molecule has 0 radical (unpaired) electrons. The highest BCUT2D eigenvalue weighted by Crippen LogP contribution is 2.42. The topological polar surface area (TPSA) is 27.8 Å². The van der Waals surface area contributed by atoms with Gasteiger partial charge < -0.3 is 10.3 Å². The molecule has 14 heavy (non-hydrogen) atoms. The monoisotopic (exact) mass is 210 g/mol. The molecule has 1 aromatic heterocycles. The van der Waals surface area contributed by atoms with Crippen LogP contribution in [0.25, 0.3) is 0 Å². The molecule has 0 saturated heterocycles. The summed E-state index contributed by atoms with van der Waals surface area (Å²) in [5.74, 6) is 0. The molecule has 78 valence electrons. The minimum absolute atomic E-state index is 0.548. The Kier molecular flexibility index (Phi) is 3.19. The molecule has 2 nitrogen and oxygen atoms in total. The number of hydrogen-bond donors (Lipinski definition) is 2. The Morgan fingerprint density at radius 3 is 2.93 bits per heavy atom. The van der Waals surface area contributed by atoms with Gasteiger partial charge >= 0.3 is 0 Å². The zero-order valence-corrected chi connectivity index (χ0v) is 9.49. The lowest BCUT2D eigenvalue weighted by atomic mass is 9.84. The first-order chi connectivity index (χ1) is 6.85. The third kappa shape index (κ3) is 2.15. The molecule has 0 atom stereocenters. The van der Waals surface area contributed by atoms with Crippen LogP contribution in [-0.4, -0.2) is 22.5 Å². The second-order valence-corrected chi connectivity index (χ2v) is 5.31. The maximum Gasteiger partial charge on any atom is 0.0357 e. The van der Waals surface area contributed by atoms with Crippen molar-refractivity contribution in [2.45, 2.75) is 30.6 Å². The van der Waals surface area contributed by atoms with Gasteiger partial charge in [-0.25, -0.2) is 0 Å². The summed E-state index contributed by atoms with van der Waals surface area (Å²) in [4.78, 5) is 3.21. The fourth-order valence-corrected chi connectivity index (χ4v) is 2.87. The van der Waals surface area contributed by atoms with Crippen molar-refractivity contribution in [2.75, 3.05) is 12.8 Å². The van der Waals surface area contributed by atoms with Gasteiger partial charge in [0.15, 0.2) is 0 Å². The molecule has 0 amide bonds. The molecule has 0 aromatic carbocycles. The Bertz CT molecular complexity index is 259. The summed E-state index contributed by atoms with van der Waals surface area (Å²) in [7, 11) is 0. The van der Waals surface area contributed by atoms with Crippen molar-refractivity contribution in [2.24, 2.45) is 0 Å². The third-order valence-corrected chi connectivity index (χ3v) is 4.54. The van der Waals surface area contributed by atoms with E-state index in [4.69, 9.17) is 0 Å². The van der Waals surface area contributed by atoms with Crippen LogP contribution in [-0.2, 0) is 6.54 Å². The Morgan fingerprint density at radius 2 is 2.43 bits per heavy atom. The lowest BCUT2D eigenvalue weighted by Gasteiger charge is -2.40. The van der Waals surface area contributed by atoms with E-state index in [0.29, 0.717) is 4.75 Å². The quantitative estimate of drug-likeness (QED) is 0.781. The lowest BCUT2D eigenvalue weighted by Crippen LogP contribution is -2.43. The molecule has 1 fully saturated rings. The van der Waals surface area contributed by atoms with Gasteiger partial charge in [-0.15, -0.1) is 0 Å². The summed E-state index contributed by atoms with van der Waals surface area (Å²) >= 11 is 2.02. The summed E-state index contributed by atoms with van der Waals surface area (Å²) in [6.07, 6.45) is 8.38. The highest BCUT2D eigenvalue weighted by atomic mass is 32.2. The Labute approximate surface area is 89.9 Å². The van der Waals surface area contributed by atoms with E-state index in [9.17, 15) is 0 Å². The standard InChI is InChI=1S/C11H18N2S/c1-14-11(5-3-6-11)9-12-8-10-4-2-7-13-10/h2,4,7,12-13H,3,5-6,8-9H2,1H3. The van der Waals surface area contributed by atoms with Gasteiger partial charge in [-0.1, -0.05) is 6.42 Å². The van der Waals surface area contributed by atoms with Crippen molar-refractivity contribution in [3.05, 3.63) is 24.0 Å². The van der Waals surface area contributed by atoms with Crippen molar-refractivity contribution in [3.8, 4) is 0 Å². The van der Waals surface area contributed by atoms with E-state index < -0.39 is 0 Å². The van der Waals surface area contributed by atoms with Crippen molar-refractivity contribution in [3.63, 3.8) is 0 Å². The van der Waals surface area contributed by atoms with Crippen molar-refractivity contribution in [1.29, 1.82) is 0 Å². The summed E-state index contributed by atoms with van der Waals surface area (Å²) in [6, 6.07) is 4.17. The van der Waals surface area contributed by atoms with Crippen LogP contribution >= 0.6 is 11.8 Å². The van der Waals surface area contributed by atoms with Gasteiger partial charge in [-0.2, -0.15) is 11.8 Å². The molecule has 2 N–H and O–H groups in total. The van der Waals surface area contributed by atoms with E-state index in [2.05, 4.69) is 22.6 Å². The molecule has 0 unspecified atom stereocenters. The van der Waals surface area contributed by atoms with Gasteiger partial charge in [0.1, 0.15) is 0 Å². The molecule has 0 spiro atoms. The van der Waals surface area contributed by atoms with Crippen LogP contribution in [0.3, 0.4) is 0 Å². The van der Waals surface area contributed by atoms with Gasteiger partial charge in [0.05, 0.1) is 0 Å². The molecule has 2 rings (SSSR count). The number of hydrogen-bond acceptors (Lipinski definition) is 2. The summed E-state index contributed by atoms with van der Waals surface area (Å²) in [6.45, 7) is 2.11. The van der Waals surface area contributed by atoms with Gasteiger partial charge in [0.2, 0.25) is 0 Å². The average molecular weight is 210 g/mol. The van der Waals surface area contributed by atoms with Gasteiger partial charge in [-0.05, 0) is 31.2 Å². The smallest absolute Gasteiger partial charge is 0.0357 e. The largest absolute Gasteiger partial charge is 0.364 e. The van der Waals surface area contributed by atoms with Crippen molar-refractivity contribution < 1.29 is 0 Å². The molecule has 1 aromatic rings. The van der Waals surface area contributed by atoms with Crippen LogP contribution in [0.2, 0.25) is 0 Å². The van der Waals surface area contributed by atoms with Crippen LogP contribution in [0.1, 0.15) is 25.0 Å². The third-order valence-electron chi connectivity index (χ3n) is 3.12.